The van der Waals surface area contributed by atoms with Gasteiger partial charge in [-0.1, -0.05) is 15.9 Å². The van der Waals surface area contributed by atoms with Crippen molar-refractivity contribution in [1.29, 1.82) is 0 Å². The summed E-state index contributed by atoms with van der Waals surface area (Å²) in [7, 11) is 0. The maximum absolute atomic E-state index is 13.0. The summed E-state index contributed by atoms with van der Waals surface area (Å²) in [6.07, 6.45) is 2.24. The van der Waals surface area contributed by atoms with Gasteiger partial charge in [-0.2, -0.15) is 0 Å². The zero-order valence-electron chi connectivity index (χ0n) is 13.8. The second kappa shape index (κ2) is 7.22. The Kier molecular flexibility index (Phi) is 5.27. The van der Waals surface area contributed by atoms with Crippen molar-refractivity contribution < 1.29 is 9.53 Å². The summed E-state index contributed by atoms with van der Waals surface area (Å²) < 4.78 is 6.79. The Morgan fingerprint density at radius 3 is 2.52 bits per heavy atom. The summed E-state index contributed by atoms with van der Waals surface area (Å²) in [5, 5.41) is 3.48. The van der Waals surface area contributed by atoms with Crippen molar-refractivity contribution in [3.05, 3.63) is 28.2 Å². The zero-order valence-corrected chi connectivity index (χ0v) is 15.4. The summed E-state index contributed by atoms with van der Waals surface area (Å²) in [6.45, 7) is 7.86. The lowest BCUT2D eigenvalue weighted by molar-refractivity contribution is 0.0752. The summed E-state index contributed by atoms with van der Waals surface area (Å²) >= 11 is 3.46. The molecule has 2 aliphatic heterocycles. The number of ether oxygens (including phenoxy) is 1. The van der Waals surface area contributed by atoms with Gasteiger partial charge in [0.25, 0.3) is 5.91 Å². The number of hydrogen-bond acceptors (Lipinski definition) is 3. The highest BCUT2D eigenvalue weighted by atomic mass is 79.9. The summed E-state index contributed by atoms with van der Waals surface area (Å²) in [5.74, 6) is 2.22. The van der Waals surface area contributed by atoms with Crippen LogP contribution in [0.1, 0.15) is 37.0 Å². The lowest BCUT2D eigenvalue weighted by Crippen LogP contribution is -2.33. The Hall–Kier alpha value is -1.07. The largest absolute Gasteiger partial charge is 0.490 e. The maximum Gasteiger partial charge on any atom is 0.257 e. The molecule has 4 nitrogen and oxygen atoms in total. The summed E-state index contributed by atoms with van der Waals surface area (Å²) in [4.78, 5) is 15.0. The Morgan fingerprint density at radius 2 is 1.91 bits per heavy atom. The van der Waals surface area contributed by atoms with Crippen LogP contribution in [0.2, 0.25) is 0 Å². The predicted molar refractivity (Wildman–Crippen MR) is 94.9 cm³/mol. The quantitative estimate of drug-likeness (QED) is 0.874. The van der Waals surface area contributed by atoms with Gasteiger partial charge in [-0.3, -0.25) is 4.79 Å². The normalized spacial score (nSPS) is 24.4. The van der Waals surface area contributed by atoms with Crippen molar-refractivity contribution in [1.82, 2.24) is 10.2 Å². The molecule has 1 N–H and O–H groups in total. The summed E-state index contributed by atoms with van der Waals surface area (Å²) in [6, 6.07) is 5.68. The van der Waals surface area contributed by atoms with E-state index >= 15 is 0 Å². The number of amides is 1. The molecule has 2 aliphatic rings. The fraction of sp³-hybridized carbons (Fsp3) is 0.611. The monoisotopic (exact) mass is 380 g/mol. The number of carbonyl (C=O) groups is 1. The second-order valence-corrected chi connectivity index (χ2v) is 7.77. The number of likely N-dealkylation sites (tertiary alicyclic amines) is 1. The van der Waals surface area contributed by atoms with Crippen molar-refractivity contribution in [3.8, 4) is 5.75 Å². The number of rotatable bonds is 3. The van der Waals surface area contributed by atoms with E-state index in [9.17, 15) is 4.79 Å². The molecule has 5 heteroatoms. The van der Waals surface area contributed by atoms with E-state index in [1.807, 2.05) is 36.9 Å². The van der Waals surface area contributed by atoms with Crippen LogP contribution in [0, 0.1) is 11.8 Å². The average molecular weight is 381 g/mol. The molecule has 126 valence electrons. The molecule has 0 aliphatic carbocycles. The minimum Gasteiger partial charge on any atom is -0.490 e. The van der Waals surface area contributed by atoms with Crippen molar-refractivity contribution in [2.24, 2.45) is 11.8 Å². The molecule has 1 aromatic rings. The maximum atomic E-state index is 13.0. The van der Waals surface area contributed by atoms with E-state index in [0.717, 1.165) is 55.3 Å². The number of fused-ring (bicyclic) bond motifs is 1. The van der Waals surface area contributed by atoms with E-state index in [-0.39, 0.29) is 12.0 Å². The fourth-order valence-corrected chi connectivity index (χ4v) is 3.96. The van der Waals surface area contributed by atoms with Gasteiger partial charge in [-0.25, -0.2) is 0 Å². The van der Waals surface area contributed by atoms with E-state index in [0.29, 0.717) is 11.3 Å². The summed E-state index contributed by atoms with van der Waals surface area (Å²) in [5.41, 5.74) is 0.673. The van der Waals surface area contributed by atoms with Crippen LogP contribution >= 0.6 is 15.9 Å². The molecule has 2 fully saturated rings. The lowest BCUT2D eigenvalue weighted by Gasteiger charge is -2.23. The fourth-order valence-electron chi connectivity index (χ4n) is 3.62. The van der Waals surface area contributed by atoms with Crippen LogP contribution in [0.4, 0.5) is 0 Å². The van der Waals surface area contributed by atoms with Gasteiger partial charge < -0.3 is 15.0 Å². The average Bonchev–Trinajstić information content (AvgIpc) is 2.85. The second-order valence-electron chi connectivity index (χ2n) is 6.86. The molecule has 1 aromatic carbocycles. The topological polar surface area (TPSA) is 41.6 Å². The highest BCUT2D eigenvalue weighted by Gasteiger charge is 2.32. The van der Waals surface area contributed by atoms with Crippen molar-refractivity contribution in [2.75, 3.05) is 26.2 Å². The number of nitrogens with one attached hydrogen (secondary N) is 1. The van der Waals surface area contributed by atoms with Crippen LogP contribution in [-0.4, -0.2) is 43.1 Å². The van der Waals surface area contributed by atoms with Gasteiger partial charge >= 0.3 is 0 Å². The molecular weight excluding hydrogens is 356 g/mol. The first-order valence-electron chi connectivity index (χ1n) is 8.51. The van der Waals surface area contributed by atoms with Crippen LogP contribution in [0.15, 0.2) is 22.7 Å². The van der Waals surface area contributed by atoms with Gasteiger partial charge in [0, 0.05) is 17.6 Å². The molecule has 0 radical (unpaired) electrons. The molecular formula is C18H25BrN2O2. The smallest absolute Gasteiger partial charge is 0.257 e. The highest BCUT2D eigenvalue weighted by molar-refractivity contribution is 9.10. The van der Waals surface area contributed by atoms with E-state index in [2.05, 4.69) is 21.2 Å². The van der Waals surface area contributed by atoms with E-state index in [1.54, 1.807) is 0 Å². The Labute approximate surface area is 146 Å². The van der Waals surface area contributed by atoms with Crippen LogP contribution in [0.25, 0.3) is 0 Å². The molecule has 0 saturated carbocycles. The van der Waals surface area contributed by atoms with Crippen LogP contribution in [0.5, 0.6) is 5.75 Å². The molecule has 1 amide bonds. The van der Waals surface area contributed by atoms with Crippen molar-refractivity contribution >= 4 is 21.8 Å². The van der Waals surface area contributed by atoms with Crippen molar-refractivity contribution in [2.45, 2.75) is 32.8 Å². The third kappa shape index (κ3) is 3.89. The van der Waals surface area contributed by atoms with Crippen LogP contribution < -0.4 is 10.1 Å². The number of nitrogens with zero attached hydrogens (tertiary/aromatic N) is 1. The molecule has 0 unspecified atom stereocenters. The van der Waals surface area contributed by atoms with Crippen molar-refractivity contribution in [3.63, 3.8) is 0 Å². The van der Waals surface area contributed by atoms with Crippen LogP contribution in [-0.2, 0) is 0 Å². The molecule has 2 atom stereocenters. The van der Waals surface area contributed by atoms with Gasteiger partial charge in [-0.15, -0.1) is 0 Å². The van der Waals surface area contributed by atoms with E-state index in [4.69, 9.17) is 4.74 Å². The standard InChI is InChI=1S/C18H25BrN2O2/c1-12(2)23-17-9-15(19)3-4-16(17)18(22)21-7-5-13-10-20-11-14(13)6-8-21/h3-4,9,12-14,20H,5-8,10-11H2,1-2H3/t13-,14+. The van der Waals surface area contributed by atoms with E-state index in [1.165, 1.54) is 0 Å². The number of hydrogen-bond donors (Lipinski definition) is 1. The minimum atomic E-state index is 0.0467. The highest BCUT2D eigenvalue weighted by Crippen LogP contribution is 2.30. The third-order valence-corrected chi connectivity index (χ3v) is 5.34. The zero-order chi connectivity index (χ0) is 16.4. The Balaban J connectivity index is 1.77. The number of halogens is 1. The van der Waals surface area contributed by atoms with Crippen LogP contribution in [0.3, 0.4) is 0 Å². The molecule has 23 heavy (non-hydrogen) atoms. The molecule has 0 bridgehead atoms. The Morgan fingerprint density at radius 1 is 1.26 bits per heavy atom. The first kappa shape index (κ1) is 16.8. The molecule has 2 heterocycles. The van der Waals surface area contributed by atoms with Gasteiger partial charge in [0.1, 0.15) is 5.75 Å². The SMILES string of the molecule is CC(C)Oc1cc(Br)ccc1C(=O)N1CC[C@@H]2CNC[C@@H]2CC1. The molecule has 3 rings (SSSR count). The van der Waals surface area contributed by atoms with Gasteiger partial charge in [0.15, 0.2) is 0 Å². The minimum absolute atomic E-state index is 0.0467. The lowest BCUT2D eigenvalue weighted by atomic mass is 9.92. The van der Waals surface area contributed by atoms with Gasteiger partial charge in [0.2, 0.25) is 0 Å². The van der Waals surface area contributed by atoms with Gasteiger partial charge in [0.05, 0.1) is 11.7 Å². The third-order valence-electron chi connectivity index (χ3n) is 4.84. The first-order valence-corrected chi connectivity index (χ1v) is 9.30. The molecule has 0 aromatic heterocycles. The first-order chi connectivity index (χ1) is 11.0. The van der Waals surface area contributed by atoms with Gasteiger partial charge in [-0.05, 0) is 69.8 Å². The predicted octanol–water partition coefficient (Wildman–Crippen LogP) is 3.31. The molecule has 0 spiro atoms. The molecule has 2 saturated heterocycles. The Bertz CT molecular complexity index is 562. The van der Waals surface area contributed by atoms with E-state index < -0.39 is 0 Å². The number of benzene rings is 1. The number of carbonyl (C=O) groups excluding carboxylic acids is 1.